The van der Waals surface area contributed by atoms with Gasteiger partial charge in [-0.2, -0.15) is 0 Å². The van der Waals surface area contributed by atoms with Crippen molar-refractivity contribution in [2.45, 2.75) is 18.2 Å². The van der Waals surface area contributed by atoms with E-state index in [1.54, 1.807) is 18.2 Å². The molecule has 1 fully saturated rings. The SMILES string of the molecule is COc1ccc(CC2SC(=O)NC2=O)cc1C(=O)NCc1ccc(-c2ccccc2)cc1. The molecule has 3 aromatic rings. The maximum absolute atomic E-state index is 12.9. The van der Waals surface area contributed by atoms with Crippen LogP contribution in [0.4, 0.5) is 4.79 Å². The van der Waals surface area contributed by atoms with Crippen molar-refractivity contribution in [3.63, 3.8) is 0 Å². The molecule has 0 aliphatic carbocycles. The summed E-state index contributed by atoms with van der Waals surface area (Å²) in [6.45, 7) is 0.372. The fourth-order valence-corrected chi connectivity index (χ4v) is 4.38. The van der Waals surface area contributed by atoms with Crippen molar-refractivity contribution in [1.29, 1.82) is 0 Å². The van der Waals surface area contributed by atoms with Crippen LogP contribution in [0.3, 0.4) is 0 Å². The average molecular weight is 447 g/mol. The Balaban J connectivity index is 1.43. The molecule has 4 rings (SSSR count). The van der Waals surface area contributed by atoms with Gasteiger partial charge < -0.3 is 10.1 Å². The molecular formula is C25H22N2O4S. The van der Waals surface area contributed by atoms with Gasteiger partial charge in [0.1, 0.15) is 5.75 Å². The molecule has 162 valence electrons. The van der Waals surface area contributed by atoms with E-state index in [-0.39, 0.29) is 17.1 Å². The second-order valence-electron chi connectivity index (χ2n) is 7.37. The van der Waals surface area contributed by atoms with Gasteiger partial charge in [0.05, 0.1) is 17.9 Å². The predicted octanol–water partition coefficient (Wildman–Crippen LogP) is 4.19. The molecular weight excluding hydrogens is 424 g/mol. The summed E-state index contributed by atoms with van der Waals surface area (Å²) in [5.41, 5.74) is 4.40. The van der Waals surface area contributed by atoms with Crippen molar-refractivity contribution < 1.29 is 19.1 Å². The zero-order chi connectivity index (χ0) is 22.5. The van der Waals surface area contributed by atoms with Crippen LogP contribution in [-0.2, 0) is 17.8 Å². The lowest BCUT2D eigenvalue weighted by Gasteiger charge is -2.13. The topological polar surface area (TPSA) is 84.5 Å². The van der Waals surface area contributed by atoms with Crippen LogP contribution in [0.2, 0.25) is 0 Å². The van der Waals surface area contributed by atoms with Gasteiger partial charge in [-0.15, -0.1) is 0 Å². The summed E-state index contributed by atoms with van der Waals surface area (Å²) in [5.74, 6) is -0.124. The average Bonchev–Trinajstić information content (AvgIpc) is 3.14. The minimum Gasteiger partial charge on any atom is -0.496 e. The Hall–Kier alpha value is -3.58. The fraction of sp³-hybridized carbons (Fsp3) is 0.160. The number of carbonyl (C=O) groups is 3. The minimum absolute atomic E-state index is 0.268. The zero-order valence-electron chi connectivity index (χ0n) is 17.5. The Morgan fingerprint density at radius 1 is 0.969 bits per heavy atom. The van der Waals surface area contributed by atoms with Crippen molar-refractivity contribution in [2.24, 2.45) is 0 Å². The van der Waals surface area contributed by atoms with Crippen LogP contribution in [0, 0.1) is 0 Å². The van der Waals surface area contributed by atoms with E-state index in [4.69, 9.17) is 4.74 Å². The first-order valence-corrected chi connectivity index (χ1v) is 11.0. The second kappa shape index (κ2) is 9.70. The van der Waals surface area contributed by atoms with Crippen LogP contribution in [0.5, 0.6) is 5.75 Å². The summed E-state index contributed by atoms with van der Waals surface area (Å²) in [5, 5.41) is 4.38. The number of carbonyl (C=O) groups excluding carboxylic acids is 3. The summed E-state index contributed by atoms with van der Waals surface area (Å²) in [6, 6.07) is 23.4. The molecule has 1 saturated heterocycles. The van der Waals surface area contributed by atoms with E-state index >= 15 is 0 Å². The number of hydrogen-bond acceptors (Lipinski definition) is 5. The van der Waals surface area contributed by atoms with Crippen LogP contribution < -0.4 is 15.4 Å². The maximum atomic E-state index is 12.9. The third-order valence-electron chi connectivity index (χ3n) is 5.21. The fourth-order valence-electron chi connectivity index (χ4n) is 3.52. The highest BCUT2D eigenvalue weighted by atomic mass is 32.2. The predicted molar refractivity (Wildman–Crippen MR) is 125 cm³/mol. The lowest BCUT2D eigenvalue weighted by Crippen LogP contribution is -2.26. The third-order valence-corrected chi connectivity index (χ3v) is 6.19. The molecule has 6 nitrogen and oxygen atoms in total. The van der Waals surface area contributed by atoms with Gasteiger partial charge in [-0.1, -0.05) is 72.4 Å². The standard InChI is InChI=1S/C25H22N2O4S/c1-31-21-12-9-17(14-22-24(29)27-25(30)32-22)13-20(21)23(28)26-15-16-7-10-19(11-8-16)18-5-3-2-4-6-18/h2-13,22H,14-15H2,1H3,(H,26,28)(H,27,29,30). The largest absolute Gasteiger partial charge is 0.496 e. The molecule has 0 radical (unpaired) electrons. The molecule has 3 amide bonds. The number of ether oxygens (including phenoxy) is 1. The number of nitrogens with one attached hydrogen (secondary N) is 2. The van der Waals surface area contributed by atoms with Crippen LogP contribution in [0.15, 0.2) is 72.8 Å². The van der Waals surface area contributed by atoms with Gasteiger partial charge in [0.2, 0.25) is 5.91 Å². The van der Waals surface area contributed by atoms with Gasteiger partial charge in [0.15, 0.2) is 0 Å². The Kier molecular flexibility index (Phi) is 6.56. The molecule has 0 bridgehead atoms. The normalized spacial score (nSPS) is 15.3. The maximum Gasteiger partial charge on any atom is 0.286 e. The lowest BCUT2D eigenvalue weighted by molar-refractivity contribution is -0.118. The number of methoxy groups -OCH3 is 1. The highest BCUT2D eigenvalue weighted by Crippen LogP contribution is 2.26. The summed E-state index contributed by atoms with van der Waals surface area (Å²) >= 11 is 0.968. The van der Waals surface area contributed by atoms with E-state index in [2.05, 4.69) is 22.8 Å². The van der Waals surface area contributed by atoms with Gasteiger partial charge in [0, 0.05) is 6.54 Å². The van der Waals surface area contributed by atoms with Crippen LogP contribution in [0.1, 0.15) is 21.5 Å². The van der Waals surface area contributed by atoms with Crippen LogP contribution >= 0.6 is 11.8 Å². The van der Waals surface area contributed by atoms with Crippen molar-refractivity contribution in [1.82, 2.24) is 10.6 Å². The van der Waals surface area contributed by atoms with E-state index in [0.717, 1.165) is 34.0 Å². The Labute approximate surface area is 190 Å². The van der Waals surface area contributed by atoms with E-state index < -0.39 is 5.25 Å². The lowest BCUT2D eigenvalue weighted by atomic mass is 10.0. The molecule has 1 aliphatic rings. The van der Waals surface area contributed by atoms with Gasteiger partial charge in [-0.25, -0.2) is 0 Å². The Morgan fingerprint density at radius 3 is 2.31 bits per heavy atom. The summed E-state index contributed by atoms with van der Waals surface area (Å²) < 4.78 is 5.35. The van der Waals surface area contributed by atoms with Crippen LogP contribution in [-0.4, -0.2) is 29.4 Å². The number of hydrogen-bond donors (Lipinski definition) is 2. The van der Waals surface area contributed by atoms with Crippen molar-refractivity contribution in [3.05, 3.63) is 89.5 Å². The first-order valence-electron chi connectivity index (χ1n) is 10.1. The van der Waals surface area contributed by atoms with Crippen molar-refractivity contribution in [2.75, 3.05) is 7.11 Å². The smallest absolute Gasteiger partial charge is 0.286 e. The highest BCUT2D eigenvalue weighted by molar-refractivity contribution is 8.15. The molecule has 2 N–H and O–H groups in total. The molecule has 1 heterocycles. The van der Waals surface area contributed by atoms with E-state index in [1.807, 2.05) is 42.5 Å². The molecule has 0 spiro atoms. The molecule has 0 saturated carbocycles. The molecule has 1 aliphatic heterocycles. The van der Waals surface area contributed by atoms with Crippen molar-refractivity contribution in [3.8, 4) is 16.9 Å². The first-order chi connectivity index (χ1) is 15.5. The molecule has 1 atom stereocenters. The Bertz CT molecular complexity index is 1150. The van der Waals surface area contributed by atoms with Gasteiger partial charge >= 0.3 is 0 Å². The minimum atomic E-state index is -0.491. The number of imide groups is 1. The van der Waals surface area contributed by atoms with E-state index in [9.17, 15) is 14.4 Å². The summed E-state index contributed by atoms with van der Waals surface area (Å²) in [6.07, 6.45) is 0.355. The molecule has 7 heteroatoms. The quantitative estimate of drug-likeness (QED) is 0.569. The van der Waals surface area contributed by atoms with Crippen LogP contribution in [0.25, 0.3) is 11.1 Å². The van der Waals surface area contributed by atoms with Gasteiger partial charge in [-0.3, -0.25) is 19.7 Å². The molecule has 0 aromatic heterocycles. The highest BCUT2D eigenvalue weighted by Gasteiger charge is 2.31. The van der Waals surface area contributed by atoms with E-state index in [0.29, 0.717) is 24.3 Å². The monoisotopic (exact) mass is 446 g/mol. The molecule has 1 unspecified atom stereocenters. The number of thioether (sulfide) groups is 1. The number of benzene rings is 3. The van der Waals surface area contributed by atoms with Gasteiger partial charge in [-0.05, 0) is 40.8 Å². The molecule has 3 aromatic carbocycles. The summed E-state index contributed by atoms with van der Waals surface area (Å²) in [4.78, 5) is 36.1. The Morgan fingerprint density at radius 2 is 1.66 bits per heavy atom. The number of rotatable bonds is 7. The summed E-state index contributed by atoms with van der Waals surface area (Å²) in [7, 11) is 1.51. The zero-order valence-corrected chi connectivity index (χ0v) is 18.3. The number of amides is 3. The second-order valence-corrected chi connectivity index (χ2v) is 8.54. The molecule has 32 heavy (non-hydrogen) atoms. The van der Waals surface area contributed by atoms with Crippen molar-refractivity contribution >= 4 is 28.8 Å². The first kappa shape index (κ1) is 21.6. The third kappa shape index (κ3) is 5.00. The van der Waals surface area contributed by atoms with E-state index in [1.165, 1.54) is 7.11 Å². The van der Waals surface area contributed by atoms with Gasteiger partial charge in [0.25, 0.3) is 11.1 Å².